The Kier molecular flexibility index (Phi) is 2.83. The predicted molar refractivity (Wildman–Crippen MR) is 53.3 cm³/mol. The summed E-state index contributed by atoms with van der Waals surface area (Å²) in [7, 11) is -2.49. The maximum Gasteiger partial charge on any atom is 0.0418 e. The zero-order valence-electron chi connectivity index (χ0n) is 7.82. The average molecular weight is 191 g/mol. The SMILES string of the molecule is CC(C)C1=CCN(S(C)(O)O)C1. The first-order chi connectivity index (χ1) is 5.41. The average Bonchev–Trinajstić information content (AvgIpc) is 2.30. The Morgan fingerprint density at radius 2 is 2.08 bits per heavy atom. The normalized spacial score (nSPS) is 21.7. The molecule has 3 nitrogen and oxygen atoms in total. The van der Waals surface area contributed by atoms with Gasteiger partial charge in [0.1, 0.15) is 0 Å². The van der Waals surface area contributed by atoms with Gasteiger partial charge in [-0.2, -0.15) is 4.31 Å². The molecule has 0 aliphatic carbocycles. The summed E-state index contributed by atoms with van der Waals surface area (Å²) in [4.78, 5) is 0. The van der Waals surface area contributed by atoms with Gasteiger partial charge in [0.2, 0.25) is 0 Å². The number of hydrogen-bond donors (Lipinski definition) is 2. The van der Waals surface area contributed by atoms with Crippen LogP contribution in [-0.4, -0.2) is 32.8 Å². The minimum Gasteiger partial charge on any atom is -0.286 e. The van der Waals surface area contributed by atoms with Gasteiger partial charge < -0.3 is 0 Å². The number of rotatable bonds is 2. The van der Waals surface area contributed by atoms with Crippen molar-refractivity contribution >= 4 is 10.8 Å². The first-order valence-corrected chi connectivity index (χ1v) is 5.99. The van der Waals surface area contributed by atoms with E-state index in [2.05, 4.69) is 19.9 Å². The van der Waals surface area contributed by atoms with Crippen molar-refractivity contribution in [3.63, 3.8) is 0 Å². The Labute approximate surface area is 75.6 Å². The van der Waals surface area contributed by atoms with E-state index in [1.54, 1.807) is 4.31 Å². The molecule has 0 saturated carbocycles. The number of hydrogen-bond acceptors (Lipinski definition) is 3. The highest BCUT2D eigenvalue weighted by molar-refractivity contribution is 8.21. The first kappa shape index (κ1) is 10.1. The van der Waals surface area contributed by atoms with E-state index in [1.807, 2.05) is 0 Å². The van der Waals surface area contributed by atoms with Crippen molar-refractivity contribution in [3.05, 3.63) is 11.6 Å². The molecule has 0 spiro atoms. The minimum absolute atomic E-state index is 0.511. The molecule has 0 amide bonds. The molecular weight excluding hydrogens is 174 g/mol. The van der Waals surface area contributed by atoms with Gasteiger partial charge in [-0.1, -0.05) is 25.5 Å². The Balaban J connectivity index is 2.53. The molecule has 0 atom stereocenters. The summed E-state index contributed by atoms with van der Waals surface area (Å²) in [5.74, 6) is 0.511. The van der Waals surface area contributed by atoms with Crippen LogP contribution < -0.4 is 0 Å². The van der Waals surface area contributed by atoms with Crippen LogP contribution in [0.1, 0.15) is 13.8 Å². The van der Waals surface area contributed by atoms with Crippen LogP contribution in [0, 0.1) is 5.92 Å². The Morgan fingerprint density at radius 3 is 2.33 bits per heavy atom. The van der Waals surface area contributed by atoms with Crippen LogP contribution in [0.15, 0.2) is 11.6 Å². The van der Waals surface area contributed by atoms with Crippen LogP contribution in [0.5, 0.6) is 0 Å². The van der Waals surface area contributed by atoms with Crippen molar-refractivity contribution in [2.24, 2.45) is 5.92 Å². The monoisotopic (exact) mass is 191 g/mol. The van der Waals surface area contributed by atoms with E-state index in [0.717, 1.165) is 0 Å². The van der Waals surface area contributed by atoms with E-state index < -0.39 is 10.8 Å². The van der Waals surface area contributed by atoms with Crippen LogP contribution in [0.4, 0.5) is 0 Å². The van der Waals surface area contributed by atoms with E-state index in [1.165, 1.54) is 11.8 Å². The highest BCUT2D eigenvalue weighted by atomic mass is 32.3. The van der Waals surface area contributed by atoms with E-state index >= 15 is 0 Å². The second kappa shape index (κ2) is 3.38. The van der Waals surface area contributed by atoms with Crippen LogP contribution in [-0.2, 0) is 0 Å². The summed E-state index contributed by atoms with van der Waals surface area (Å²) in [5, 5.41) is 0. The molecule has 0 fully saturated rings. The summed E-state index contributed by atoms with van der Waals surface area (Å²) in [6.45, 7) is 5.62. The van der Waals surface area contributed by atoms with Crippen molar-refractivity contribution in [3.8, 4) is 0 Å². The molecule has 4 heteroatoms. The maximum atomic E-state index is 9.35. The third kappa shape index (κ3) is 2.23. The highest BCUT2D eigenvalue weighted by Gasteiger charge is 2.23. The van der Waals surface area contributed by atoms with E-state index in [-0.39, 0.29) is 0 Å². The molecule has 1 rings (SSSR count). The third-order valence-electron chi connectivity index (χ3n) is 2.15. The van der Waals surface area contributed by atoms with Gasteiger partial charge in [-0.15, -0.1) is 10.8 Å². The zero-order valence-corrected chi connectivity index (χ0v) is 8.64. The van der Waals surface area contributed by atoms with Gasteiger partial charge in [0.15, 0.2) is 0 Å². The van der Waals surface area contributed by atoms with Gasteiger partial charge >= 0.3 is 0 Å². The molecule has 12 heavy (non-hydrogen) atoms. The molecule has 1 aliphatic rings. The Bertz CT molecular complexity index is 196. The Morgan fingerprint density at radius 1 is 1.50 bits per heavy atom. The van der Waals surface area contributed by atoms with Crippen molar-refractivity contribution in [2.75, 3.05) is 19.3 Å². The van der Waals surface area contributed by atoms with Crippen molar-refractivity contribution < 1.29 is 9.11 Å². The van der Waals surface area contributed by atoms with Crippen LogP contribution in [0.3, 0.4) is 0 Å². The van der Waals surface area contributed by atoms with Gasteiger partial charge in [-0.05, 0) is 5.92 Å². The molecule has 72 valence electrons. The second-order valence-electron chi connectivity index (χ2n) is 3.55. The zero-order chi connectivity index (χ0) is 9.35. The summed E-state index contributed by atoms with van der Waals surface area (Å²) in [6.07, 6.45) is 3.56. The van der Waals surface area contributed by atoms with E-state index in [4.69, 9.17) is 0 Å². The smallest absolute Gasteiger partial charge is 0.0418 e. The van der Waals surface area contributed by atoms with E-state index in [9.17, 15) is 9.11 Å². The molecule has 0 bridgehead atoms. The van der Waals surface area contributed by atoms with Crippen molar-refractivity contribution in [1.82, 2.24) is 4.31 Å². The third-order valence-corrected chi connectivity index (χ3v) is 3.40. The van der Waals surface area contributed by atoms with Gasteiger partial charge in [0.05, 0.1) is 0 Å². The standard InChI is InChI=1S/C8H17NO2S/c1-7(2)8-4-5-9(6-8)12(3,10)11/h4,7,10-11H,5-6H2,1-3H3. The quantitative estimate of drug-likeness (QED) is 0.657. The molecule has 0 radical (unpaired) electrons. The molecule has 2 N–H and O–H groups in total. The molecular formula is C8H17NO2S. The van der Waals surface area contributed by atoms with Crippen LogP contribution >= 0.6 is 10.8 Å². The topological polar surface area (TPSA) is 43.7 Å². The van der Waals surface area contributed by atoms with Gasteiger partial charge in [-0.25, -0.2) is 0 Å². The fourth-order valence-electron chi connectivity index (χ4n) is 1.23. The molecule has 0 aromatic heterocycles. The predicted octanol–water partition coefficient (Wildman–Crippen LogP) is 2.18. The van der Waals surface area contributed by atoms with Crippen molar-refractivity contribution in [1.29, 1.82) is 0 Å². The van der Waals surface area contributed by atoms with E-state index in [0.29, 0.717) is 19.0 Å². The fraction of sp³-hybridized carbons (Fsp3) is 0.750. The minimum atomic E-state index is -2.49. The lowest BCUT2D eigenvalue weighted by Crippen LogP contribution is -2.25. The summed E-state index contributed by atoms with van der Waals surface area (Å²) in [5.41, 5.74) is 1.30. The largest absolute Gasteiger partial charge is 0.286 e. The number of nitrogens with zero attached hydrogens (tertiary/aromatic N) is 1. The molecule has 1 heterocycles. The van der Waals surface area contributed by atoms with Gasteiger partial charge in [-0.3, -0.25) is 9.11 Å². The molecule has 1 aliphatic heterocycles. The van der Waals surface area contributed by atoms with Gasteiger partial charge in [0.25, 0.3) is 0 Å². The lowest BCUT2D eigenvalue weighted by Gasteiger charge is -2.37. The molecule has 0 aromatic carbocycles. The molecule has 0 unspecified atom stereocenters. The van der Waals surface area contributed by atoms with Crippen LogP contribution in [0.25, 0.3) is 0 Å². The lowest BCUT2D eigenvalue weighted by molar-refractivity contribution is 0.395. The molecule has 0 aromatic rings. The Hall–Kier alpha value is -0.0300. The van der Waals surface area contributed by atoms with Crippen molar-refractivity contribution in [2.45, 2.75) is 13.8 Å². The second-order valence-corrected chi connectivity index (χ2v) is 5.65. The van der Waals surface area contributed by atoms with Gasteiger partial charge in [0, 0.05) is 19.3 Å². The first-order valence-electron chi connectivity index (χ1n) is 4.08. The maximum absolute atomic E-state index is 9.35. The summed E-state index contributed by atoms with van der Waals surface area (Å²) >= 11 is 0. The van der Waals surface area contributed by atoms with Crippen LogP contribution in [0.2, 0.25) is 0 Å². The highest BCUT2D eigenvalue weighted by Crippen LogP contribution is 2.41. The summed E-state index contributed by atoms with van der Waals surface area (Å²) < 4.78 is 20.4. The fourth-order valence-corrected chi connectivity index (χ4v) is 1.98. The lowest BCUT2D eigenvalue weighted by atomic mass is 10.1. The molecule has 0 saturated heterocycles. The summed E-state index contributed by atoms with van der Waals surface area (Å²) in [6, 6.07) is 0.